The minimum absolute atomic E-state index is 0.0842. The molecule has 2 atom stereocenters. The van der Waals surface area contributed by atoms with E-state index in [0.29, 0.717) is 18.2 Å². The van der Waals surface area contributed by atoms with E-state index in [4.69, 9.17) is 5.73 Å². The Morgan fingerprint density at radius 3 is 3.15 bits per heavy atom. The molecule has 0 saturated heterocycles. The molecule has 1 heterocycles. The van der Waals surface area contributed by atoms with Crippen molar-refractivity contribution in [3.05, 3.63) is 22.0 Å². The molecule has 1 saturated carbocycles. The number of nitro groups is 1. The lowest BCUT2D eigenvalue weighted by Gasteiger charge is -1.93. The first-order valence-corrected chi connectivity index (χ1v) is 4.11. The molecule has 1 aliphatic carbocycles. The van der Waals surface area contributed by atoms with Gasteiger partial charge in [-0.1, -0.05) is 0 Å². The van der Waals surface area contributed by atoms with Gasteiger partial charge in [0.1, 0.15) is 11.9 Å². The highest BCUT2D eigenvalue weighted by atomic mass is 16.6. The van der Waals surface area contributed by atoms with E-state index in [9.17, 15) is 10.1 Å². The van der Waals surface area contributed by atoms with Crippen LogP contribution in [-0.2, 0) is 0 Å². The third-order valence-corrected chi connectivity index (χ3v) is 2.44. The third-order valence-electron chi connectivity index (χ3n) is 2.44. The maximum absolute atomic E-state index is 10.5. The Morgan fingerprint density at radius 1 is 1.85 bits per heavy atom. The van der Waals surface area contributed by atoms with E-state index in [0.717, 1.165) is 6.42 Å². The first-order valence-electron chi connectivity index (χ1n) is 4.11. The van der Waals surface area contributed by atoms with Crippen LogP contribution in [0.1, 0.15) is 18.0 Å². The van der Waals surface area contributed by atoms with E-state index in [1.807, 2.05) is 0 Å². The average molecular weight is 182 g/mol. The Kier molecular flexibility index (Phi) is 1.77. The number of nitrogens with two attached hydrogens (primary N) is 1. The Balaban J connectivity index is 2.22. The highest BCUT2D eigenvalue weighted by Crippen LogP contribution is 2.48. The fraction of sp³-hybridized carbons (Fsp3) is 0.571. The molecule has 2 unspecified atom stereocenters. The molecule has 1 aliphatic rings. The van der Waals surface area contributed by atoms with E-state index < -0.39 is 4.92 Å². The first-order chi connectivity index (χ1) is 6.24. The summed E-state index contributed by atoms with van der Waals surface area (Å²) < 4.78 is 0. The quantitative estimate of drug-likeness (QED) is 0.521. The van der Waals surface area contributed by atoms with Gasteiger partial charge in [0, 0.05) is 5.92 Å². The standard InChI is InChI=1S/C7H10N4O2/c8-2-4-1-5(4)7-6(11(12)13)3-9-10-7/h3-5H,1-2,8H2,(H,9,10). The van der Waals surface area contributed by atoms with E-state index in [1.54, 1.807) is 0 Å². The van der Waals surface area contributed by atoms with Gasteiger partial charge in [-0.25, -0.2) is 0 Å². The normalized spacial score (nSPS) is 25.9. The molecular formula is C7H10N4O2. The van der Waals surface area contributed by atoms with E-state index in [-0.39, 0.29) is 11.6 Å². The van der Waals surface area contributed by atoms with Gasteiger partial charge < -0.3 is 5.73 Å². The molecule has 0 spiro atoms. The number of nitrogens with one attached hydrogen (secondary N) is 1. The molecule has 2 rings (SSSR count). The van der Waals surface area contributed by atoms with Crippen LogP contribution in [0.2, 0.25) is 0 Å². The van der Waals surface area contributed by atoms with E-state index in [1.165, 1.54) is 6.20 Å². The van der Waals surface area contributed by atoms with Gasteiger partial charge in [0.2, 0.25) is 0 Å². The molecule has 6 heteroatoms. The zero-order valence-electron chi connectivity index (χ0n) is 6.93. The minimum Gasteiger partial charge on any atom is -0.330 e. The number of hydrogen-bond donors (Lipinski definition) is 2. The predicted octanol–water partition coefficient (Wildman–Crippen LogP) is 0.380. The summed E-state index contributed by atoms with van der Waals surface area (Å²) in [5, 5.41) is 16.9. The van der Waals surface area contributed by atoms with Gasteiger partial charge >= 0.3 is 5.69 Å². The molecule has 6 nitrogen and oxygen atoms in total. The smallest absolute Gasteiger partial charge is 0.310 e. The monoisotopic (exact) mass is 182 g/mol. The molecule has 3 N–H and O–H groups in total. The first kappa shape index (κ1) is 8.18. The summed E-state index contributed by atoms with van der Waals surface area (Å²) in [7, 11) is 0. The molecular weight excluding hydrogens is 172 g/mol. The van der Waals surface area contributed by atoms with Crippen LogP contribution in [0.3, 0.4) is 0 Å². The average Bonchev–Trinajstić information content (AvgIpc) is 2.72. The van der Waals surface area contributed by atoms with Crippen molar-refractivity contribution in [3.8, 4) is 0 Å². The second kappa shape index (κ2) is 2.81. The highest BCUT2D eigenvalue weighted by Gasteiger charge is 2.42. The van der Waals surface area contributed by atoms with E-state index in [2.05, 4.69) is 10.2 Å². The third kappa shape index (κ3) is 1.29. The molecule has 0 aliphatic heterocycles. The zero-order valence-corrected chi connectivity index (χ0v) is 6.93. The van der Waals surface area contributed by atoms with Gasteiger partial charge in [-0.3, -0.25) is 15.2 Å². The van der Waals surface area contributed by atoms with E-state index >= 15 is 0 Å². The number of aromatic amines is 1. The number of H-pyrrole nitrogens is 1. The zero-order chi connectivity index (χ0) is 9.42. The Labute approximate surface area is 74.3 Å². The van der Waals surface area contributed by atoms with Crippen LogP contribution in [0.25, 0.3) is 0 Å². The maximum atomic E-state index is 10.5. The maximum Gasteiger partial charge on any atom is 0.310 e. The lowest BCUT2D eigenvalue weighted by Crippen LogP contribution is -2.02. The lowest BCUT2D eigenvalue weighted by molar-refractivity contribution is -0.385. The van der Waals surface area contributed by atoms with Crippen LogP contribution >= 0.6 is 0 Å². The predicted molar refractivity (Wildman–Crippen MR) is 45.1 cm³/mol. The number of aromatic nitrogens is 2. The molecule has 1 aromatic rings. The van der Waals surface area contributed by atoms with Crippen molar-refractivity contribution in [3.63, 3.8) is 0 Å². The molecule has 1 fully saturated rings. The van der Waals surface area contributed by atoms with Gasteiger partial charge in [0.15, 0.2) is 0 Å². The second-order valence-electron chi connectivity index (χ2n) is 3.26. The summed E-state index contributed by atoms with van der Waals surface area (Å²) in [6, 6.07) is 0. The fourth-order valence-corrected chi connectivity index (χ4v) is 1.57. The molecule has 1 aromatic heterocycles. The molecule has 0 bridgehead atoms. The van der Waals surface area contributed by atoms with Gasteiger partial charge in [0.05, 0.1) is 4.92 Å². The summed E-state index contributed by atoms with van der Waals surface area (Å²) in [6.45, 7) is 0.584. The molecule has 0 aromatic carbocycles. The Hall–Kier alpha value is -1.43. The van der Waals surface area contributed by atoms with Crippen molar-refractivity contribution in [2.24, 2.45) is 11.7 Å². The Morgan fingerprint density at radius 2 is 2.62 bits per heavy atom. The Bertz CT molecular complexity index is 335. The topological polar surface area (TPSA) is 97.8 Å². The highest BCUT2D eigenvalue weighted by molar-refractivity contribution is 5.38. The SMILES string of the molecule is NCC1CC1c1[nH]ncc1[N+](=O)[O-]. The van der Waals surface area contributed by atoms with Crippen LogP contribution in [-0.4, -0.2) is 21.7 Å². The van der Waals surface area contributed by atoms with Crippen molar-refractivity contribution >= 4 is 5.69 Å². The summed E-state index contributed by atoms with van der Waals surface area (Å²) in [4.78, 5) is 10.1. The van der Waals surface area contributed by atoms with Crippen molar-refractivity contribution in [2.75, 3.05) is 6.54 Å². The largest absolute Gasteiger partial charge is 0.330 e. The van der Waals surface area contributed by atoms with Crippen molar-refractivity contribution in [1.29, 1.82) is 0 Å². The van der Waals surface area contributed by atoms with Crippen LogP contribution in [0.5, 0.6) is 0 Å². The number of hydrogen-bond acceptors (Lipinski definition) is 4. The summed E-state index contributed by atoms with van der Waals surface area (Å²) >= 11 is 0. The molecule has 0 amide bonds. The second-order valence-corrected chi connectivity index (χ2v) is 3.26. The van der Waals surface area contributed by atoms with Crippen LogP contribution < -0.4 is 5.73 Å². The van der Waals surface area contributed by atoms with Crippen molar-refractivity contribution in [1.82, 2.24) is 10.2 Å². The molecule has 13 heavy (non-hydrogen) atoms. The summed E-state index contributed by atoms with van der Waals surface area (Å²) in [6.07, 6.45) is 2.18. The minimum atomic E-state index is -0.412. The van der Waals surface area contributed by atoms with Crippen LogP contribution in [0.15, 0.2) is 6.20 Å². The lowest BCUT2D eigenvalue weighted by atomic mass is 10.2. The summed E-state index contributed by atoms with van der Waals surface area (Å²) in [5.74, 6) is 0.604. The number of rotatable bonds is 3. The molecule has 0 radical (unpaired) electrons. The van der Waals surface area contributed by atoms with Crippen LogP contribution in [0, 0.1) is 16.0 Å². The van der Waals surface area contributed by atoms with Crippen molar-refractivity contribution < 1.29 is 4.92 Å². The van der Waals surface area contributed by atoms with Crippen LogP contribution in [0.4, 0.5) is 5.69 Å². The molecule has 70 valence electrons. The van der Waals surface area contributed by atoms with Gasteiger partial charge in [-0.05, 0) is 18.9 Å². The van der Waals surface area contributed by atoms with Gasteiger partial charge in [-0.2, -0.15) is 5.10 Å². The van der Waals surface area contributed by atoms with Gasteiger partial charge in [0.25, 0.3) is 0 Å². The fourth-order valence-electron chi connectivity index (χ4n) is 1.57. The van der Waals surface area contributed by atoms with Crippen molar-refractivity contribution in [2.45, 2.75) is 12.3 Å². The number of nitrogens with zero attached hydrogens (tertiary/aromatic N) is 2. The summed E-state index contributed by atoms with van der Waals surface area (Å²) in [5.41, 5.74) is 6.16. The van der Waals surface area contributed by atoms with Gasteiger partial charge in [-0.15, -0.1) is 0 Å².